The quantitative estimate of drug-likeness (QED) is 0.828. The van der Waals surface area contributed by atoms with E-state index in [1.165, 1.54) is 12.8 Å². The fraction of sp³-hybridized carbons (Fsp3) is 0.571. The van der Waals surface area contributed by atoms with E-state index in [0.29, 0.717) is 18.0 Å². The monoisotopic (exact) mass is 382 g/mol. The summed E-state index contributed by atoms with van der Waals surface area (Å²) in [6, 6.07) is 0.182. The van der Waals surface area contributed by atoms with Crippen molar-refractivity contribution in [2.45, 2.75) is 51.6 Å². The fourth-order valence-electron chi connectivity index (χ4n) is 4.16. The molecule has 2 fully saturated rings. The molecular formula is C21H30N6O. The standard InChI is InChI=1S/C21H30N6O/c1-13(15-5-6-15)25-20(28)17-10-23-14(2)18(16-9-24-26(4)11-16)19(17)27-8-7-21(3,22)12-27/h9-11,13,15H,5-8,12,22H2,1-4H3,(H,25,28)/t13-,21-/m0/s1. The van der Waals surface area contributed by atoms with Crippen LogP contribution < -0.4 is 16.0 Å². The Morgan fingerprint density at radius 2 is 2.14 bits per heavy atom. The highest BCUT2D eigenvalue weighted by atomic mass is 16.1. The molecule has 28 heavy (non-hydrogen) atoms. The van der Waals surface area contributed by atoms with Crippen LogP contribution in [0.5, 0.6) is 0 Å². The van der Waals surface area contributed by atoms with Crippen molar-refractivity contribution in [3.05, 3.63) is 29.8 Å². The van der Waals surface area contributed by atoms with Crippen molar-refractivity contribution in [2.24, 2.45) is 18.7 Å². The zero-order valence-electron chi connectivity index (χ0n) is 17.2. The SMILES string of the molecule is Cc1ncc(C(=O)N[C@@H](C)C2CC2)c(N2CC[C@](C)(N)C2)c1-c1cnn(C)c1. The molecule has 2 atom stereocenters. The maximum absolute atomic E-state index is 13.2. The molecule has 1 saturated carbocycles. The second-order valence-corrected chi connectivity index (χ2v) is 8.81. The predicted molar refractivity (Wildman–Crippen MR) is 110 cm³/mol. The van der Waals surface area contributed by atoms with Gasteiger partial charge in [-0.2, -0.15) is 5.10 Å². The molecule has 0 spiro atoms. The van der Waals surface area contributed by atoms with Gasteiger partial charge in [0.15, 0.2) is 0 Å². The molecule has 2 aliphatic rings. The van der Waals surface area contributed by atoms with E-state index in [2.05, 4.69) is 34.1 Å². The number of hydrogen-bond donors (Lipinski definition) is 2. The summed E-state index contributed by atoms with van der Waals surface area (Å²) in [6.45, 7) is 7.67. The van der Waals surface area contributed by atoms with E-state index in [9.17, 15) is 4.79 Å². The second kappa shape index (κ2) is 6.88. The van der Waals surface area contributed by atoms with E-state index in [-0.39, 0.29) is 17.5 Å². The van der Waals surface area contributed by atoms with Crippen molar-refractivity contribution in [3.8, 4) is 11.1 Å². The average Bonchev–Trinajstić information content (AvgIpc) is 3.31. The van der Waals surface area contributed by atoms with Crippen LogP contribution in [-0.2, 0) is 7.05 Å². The Morgan fingerprint density at radius 1 is 1.39 bits per heavy atom. The van der Waals surface area contributed by atoms with Crippen LogP contribution in [0.15, 0.2) is 18.6 Å². The summed E-state index contributed by atoms with van der Waals surface area (Å²) >= 11 is 0. The van der Waals surface area contributed by atoms with Crippen LogP contribution in [0.3, 0.4) is 0 Å². The number of pyridine rings is 1. The molecule has 2 aromatic rings. The smallest absolute Gasteiger partial charge is 0.255 e. The molecule has 7 nitrogen and oxygen atoms in total. The zero-order valence-corrected chi connectivity index (χ0v) is 17.2. The third kappa shape index (κ3) is 3.63. The molecule has 3 N–H and O–H groups in total. The van der Waals surface area contributed by atoms with Crippen LogP contribution in [0.4, 0.5) is 5.69 Å². The van der Waals surface area contributed by atoms with Crippen LogP contribution in [0, 0.1) is 12.8 Å². The number of carbonyl (C=O) groups excluding carboxylic acids is 1. The van der Waals surface area contributed by atoms with Crippen molar-refractivity contribution in [1.29, 1.82) is 0 Å². The lowest BCUT2D eigenvalue weighted by Crippen LogP contribution is -2.40. The number of aromatic nitrogens is 3. The van der Waals surface area contributed by atoms with Crippen LogP contribution >= 0.6 is 0 Å². The Kier molecular flexibility index (Phi) is 4.65. The van der Waals surface area contributed by atoms with Crippen molar-refractivity contribution < 1.29 is 4.79 Å². The fourth-order valence-corrected chi connectivity index (χ4v) is 4.16. The lowest BCUT2D eigenvalue weighted by molar-refractivity contribution is 0.0936. The molecule has 0 bridgehead atoms. The minimum absolute atomic E-state index is 0.0577. The summed E-state index contributed by atoms with van der Waals surface area (Å²) in [7, 11) is 1.90. The van der Waals surface area contributed by atoms with Gasteiger partial charge in [-0.25, -0.2) is 0 Å². The first-order chi connectivity index (χ1) is 13.2. The molecule has 2 aromatic heterocycles. The maximum atomic E-state index is 13.2. The number of hydrogen-bond acceptors (Lipinski definition) is 5. The normalized spacial score (nSPS) is 23.1. The van der Waals surface area contributed by atoms with Gasteiger partial charge in [0.2, 0.25) is 0 Å². The number of aryl methyl sites for hydroxylation is 2. The molecule has 7 heteroatoms. The number of carbonyl (C=O) groups is 1. The number of rotatable bonds is 5. The van der Waals surface area contributed by atoms with Gasteiger partial charge in [0.1, 0.15) is 0 Å². The summed E-state index contributed by atoms with van der Waals surface area (Å²) in [6.07, 6.45) is 8.80. The molecule has 1 saturated heterocycles. The lowest BCUT2D eigenvalue weighted by atomic mass is 10.00. The average molecular weight is 383 g/mol. The summed E-state index contributed by atoms with van der Waals surface area (Å²) < 4.78 is 1.78. The first kappa shape index (κ1) is 18.9. The third-order valence-electron chi connectivity index (χ3n) is 5.99. The van der Waals surface area contributed by atoms with Gasteiger partial charge in [0, 0.05) is 60.9 Å². The van der Waals surface area contributed by atoms with Crippen LogP contribution in [0.25, 0.3) is 11.1 Å². The van der Waals surface area contributed by atoms with Crippen molar-refractivity contribution >= 4 is 11.6 Å². The van der Waals surface area contributed by atoms with Crippen molar-refractivity contribution in [3.63, 3.8) is 0 Å². The van der Waals surface area contributed by atoms with Gasteiger partial charge in [-0.15, -0.1) is 0 Å². The highest BCUT2D eigenvalue weighted by Gasteiger charge is 2.35. The summed E-state index contributed by atoms with van der Waals surface area (Å²) in [5.41, 5.74) is 10.5. The van der Waals surface area contributed by atoms with E-state index in [1.807, 2.05) is 26.4 Å². The molecule has 1 aliphatic heterocycles. The van der Waals surface area contributed by atoms with E-state index >= 15 is 0 Å². The van der Waals surface area contributed by atoms with Gasteiger partial charge in [0.05, 0.1) is 17.4 Å². The lowest BCUT2D eigenvalue weighted by Gasteiger charge is -2.27. The van der Waals surface area contributed by atoms with Crippen LogP contribution in [0.2, 0.25) is 0 Å². The van der Waals surface area contributed by atoms with Crippen LogP contribution in [0.1, 0.15) is 49.2 Å². The summed E-state index contributed by atoms with van der Waals surface area (Å²) in [5, 5.41) is 7.52. The number of anilines is 1. The zero-order chi connectivity index (χ0) is 20.1. The number of amides is 1. The van der Waals surface area contributed by atoms with Gasteiger partial charge < -0.3 is 16.0 Å². The van der Waals surface area contributed by atoms with E-state index in [0.717, 1.165) is 35.5 Å². The Labute approximate surface area is 166 Å². The minimum atomic E-state index is -0.265. The van der Waals surface area contributed by atoms with Crippen LogP contribution in [-0.4, -0.2) is 45.3 Å². The predicted octanol–water partition coefficient (Wildman–Crippen LogP) is 2.25. The van der Waals surface area contributed by atoms with Crippen molar-refractivity contribution in [2.75, 3.05) is 18.0 Å². The Bertz CT molecular complexity index is 898. The first-order valence-electron chi connectivity index (χ1n) is 10.1. The summed E-state index contributed by atoms with van der Waals surface area (Å²) in [4.78, 5) is 20.0. The Balaban J connectivity index is 1.80. The third-order valence-corrected chi connectivity index (χ3v) is 5.99. The topological polar surface area (TPSA) is 89.1 Å². The molecule has 0 unspecified atom stereocenters. The molecule has 0 aromatic carbocycles. The number of nitrogens with one attached hydrogen (secondary N) is 1. The summed E-state index contributed by atoms with van der Waals surface area (Å²) in [5.74, 6) is 0.542. The molecule has 1 amide bonds. The number of nitrogens with zero attached hydrogens (tertiary/aromatic N) is 4. The Hall–Kier alpha value is -2.41. The van der Waals surface area contributed by atoms with E-state index in [1.54, 1.807) is 10.9 Å². The number of nitrogens with two attached hydrogens (primary N) is 1. The second-order valence-electron chi connectivity index (χ2n) is 8.81. The Morgan fingerprint density at radius 3 is 2.71 bits per heavy atom. The van der Waals surface area contributed by atoms with Crippen molar-refractivity contribution in [1.82, 2.24) is 20.1 Å². The van der Waals surface area contributed by atoms with Gasteiger partial charge in [-0.1, -0.05) is 0 Å². The minimum Gasteiger partial charge on any atom is -0.368 e. The maximum Gasteiger partial charge on any atom is 0.255 e. The first-order valence-corrected chi connectivity index (χ1v) is 10.1. The van der Waals surface area contributed by atoms with E-state index < -0.39 is 0 Å². The van der Waals surface area contributed by atoms with Gasteiger partial charge in [-0.3, -0.25) is 14.5 Å². The molecular weight excluding hydrogens is 352 g/mol. The highest BCUT2D eigenvalue weighted by molar-refractivity contribution is 6.03. The van der Waals surface area contributed by atoms with Gasteiger partial charge >= 0.3 is 0 Å². The molecule has 1 aliphatic carbocycles. The molecule has 0 radical (unpaired) electrons. The van der Waals surface area contributed by atoms with E-state index in [4.69, 9.17) is 5.73 Å². The highest BCUT2D eigenvalue weighted by Crippen LogP contribution is 2.39. The molecule has 4 rings (SSSR count). The molecule has 150 valence electrons. The van der Waals surface area contributed by atoms with Gasteiger partial charge in [0.25, 0.3) is 5.91 Å². The van der Waals surface area contributed by atoms with Gasteiger partial charge in [-0.05, 0) is 46.0 Å². The molecule has 3 heterocycles. The largest absolute Gasteiger partial charge is 0.368 e.